The first kappa shape index (κ1) is 16.6. The molecule has 2 heterocycles. The summed E-state index contributed by atoms with van der Waals surface area (Å²) in [5.74, 6) is 1.10. The Hall–Kier alpha value is -2.86. The Morgan fingerprint density at radius 2 is 1.85 bits per heavy atom. The zero-order chi connectivity index (χ0) is 17.9. The molecule has 4 nitrogen and oxygen atoms in total. The minimum atomic E-state index is -0.257. The standard InChI is InChI=1S/C20H16FNO3S/c21-15-4-1-13(2-5-15)9-10-22-20(23)19-8-7-18(26-19)14-3-6-16-17(11-14)25-12-24-16/h1-8,11H,9-10,12H2,(H,22,23). The molecular formula is C20H16FNO3S. The van der Waals surface area contributed by atoms with E-state index in [-0.39, 0.29) is 18.5 Å². The van der Waals surface area contributed by atoms with Gasteiger partial charge in [-0.15, -0.1) is 11.3 Å². The summed E-state index contributed by atoms with van der Waals surface area (Å²) in [7, 11) is 0. The van der Waals surface area contributed by atoms with E-state index in [9.17, 15) is 9.18 Å². The molecular weight excluding hydrogens is 353 g/mol. The lowest BCUT2D eigenvalue weighted by Crippen LogP contribution is -2.24. The fourth-order valence-corrected chi connectivity index (χ4v) is 3.64. The minimum absolute atomic E-state index is 0.107. The van der Waals surface area contributed by atoms with Crippen LogP contribution in [0, 0.1) is 5.82 Å². The van der Waals surface area contributed by atoms with E-state index in [1.54, 1.807) is 12.1 Å². The highest BCUT2D eigenvalue weighted by Crippen LogP contribution is 2.37. The summed E-state index contributed by atoms with van der Waals surface area (Å²) in [5, 5.41) is 2.90. The number of hydrogen-bond donors (Lipinski definition) is 1. The number of benzene rings is 2. The van der Waals surface area contributed by atoms with Gasteiger partial charge in [0.25, 0.3) is 5.91 Å². The average Bonchev–Trinajstić information content (AvgIpc) is 3.32. The first-order valence-electron chi connectivity index (χ1n) is 8.21. The molecule has 3 aromatic rings. The van der Waals surface area contributed by atoms with Crippen molar-refractivity contribution in [2.24, 2.45) is 0 Å². The molecule has 0 radical (unpaired) electrons. The summed E-state index contributed by atoms with van der Waals surface area (Å²) in [4.78, 5) is 14.0. The van der Waals surface area contributed by atoms with Crippen molar-refractivity contribution in [3.05, 3.63) is 70.9 Å². The van der Waals surface area contributed by atoms with Gasteiger partial charge in [-0.1, -0.05) is 12.1 Å². The largest absolute Gasteiger partial charge is 0.454 e. The highest BCUT2D eigenvalue weighted by Gasteiger charge is 2.15. The van der Waals surface area contributed by atoms with Crippen LogP contribution in [0.15, 0.2) is 54.6 Å². The fraction of sp³-hybridized carbons (Fsp3) is 0.150. The van der Waals surface area contributed by atoms with Crippen LogP contribution >= 0.6 is 11.3 Å². The highest BCUT2D eigenvalue weighted by atomic mass is 32.1. The number of carbonyl (C=O) groups excluding carboxylic acids is 1. The van der Waals surface area contributed by atoms with Gasteiger partial charge >= 0.3 is 0 Å². The van der Waals surface area contributed by atoms with Crippen molar-refractivity contribution in [3.8, 4) is 21.9 Å². The number of rotatable bonds is 5. The van der Waals surface area contributed by atoms with Gasteiger partial charge in [0, 0.05) is 11.4 Å². The van der Waals surface area contributed by atoms with Gasteiger partial charge in [0.2, 0.25) is 6.79 Å². The number of hydrogen-bond acceptors (Lipinski definition) is 4. The molecule has 0 unspecified atom stereocenters. The lowest BCUT2D eigenvalue weighted by molar-refractivity contribution is 0.0958. The van der Waals surface area contributed by atoms with E-state index in [2.05, 4.69) is 5.32 Å². The number of amides is 1. The normalized spacial score (nSPS) is 12.2. The van der Waals surface area contributed by atoms with Crippen LogP contribution in [0.1, 0.15) is 15.2 Å². The van der Waals surface area contributed by atoms with Gasteiger partial charge < -0.3 is 14.8 Å². The summed E-state index contributed by atoms with van der Waals surface area (Å²) >= 11 is 1.43. The third-order valence-electron chi connectivity index (χ3n) is 4.10. The smallest absolute Gasteiger partial charge is 0.261 e. The molecule has 0 saturated carbocycles. The van der Waals surface area contributed by atoms with Crippen molar-refractivity contribution in [3.63, 3.8) is 0 Å². The van der Waals surface area contributed by atoms with E-state index < -0.39 is 0 Å². The maximum atomic E-state index is 12.9. The molecule has 2 aromatic carbocycles. The number of fused-ring (bicyclic) bond motifs is 1. The van der Waals surface area contributed by atoms with E-state index >= 15 is 0 Å². The van der Waals surface area contributed by atoms with Crippen molar-refractivity contribution >= 4 is 17.2 Å². The Balaban J connectivity index is 1.38. The first-order valence-corrected chi connectivity index (χ1v) is 9.03. The molecule has 0 fully saturated rings. The molecule has 6 heteroatoms. The van der Waals surface area contributed by atoms with Crippen LogP contribution in [-0.4, -0.2) is 19.2 Å². The van der Waals surface area contributed by atoms with Crippen molar-refractivity contribution in [2.45, 2.75) is 6.42 Å². The summed E-state index contributed by atoms with van der Waals surface area (Å²) < 4.78 is 23.6. The van der Waals surface area contributed by atoms with Crippen LogP contribution < -0.4 is 14.8 Å². The molecule has 1 aliphatic heterocycles. The van der Waals surface area contributed by atoms with Gasteiger partial charge in [0.1, 0.15) is 5.82 Å². The molecule has 0 bridgehead atoms. The van der Waals surface area contributed by atoms with E-state index in [0.717, 1.165) is 27.5 Å². The highest BCUT2D eigenvalue weighted by molar-refractivity contribution is 7.17. The Labute approximate surface area is 154 Å². The van der Waals surface area contributed by atoms with E-state index in [1.807, 2.05) is 30.3 Å². The van der Waals surface area contributed by atoms with Crippen molar-refractivity contribution in [2.75, 3.05) is 13.3 Å². The van der Waals surface area contributed by atoms with Crippen LogP contribution in [0.5, 0.6) is 11.5 Å². The van der Waals surface area contributed by atoms with Crippen LogP contribution in [-0.2, 0) is 6.42 Å². The van der Waals surface area contributed by atoms with Crippen LogP contribution in [0.25, 0.3) is 10.4 Å². The topological polar surface area (TPSA) is 47.6 Å². The molecule has 1 aliphatic rings. The SMILES string of the molecule is O=C(NCCc1ccc(F)cc1)c1ccc(-c2ccc3c(c2)OCO3)s1. The lowest BCUT2D eigenvalue weighted by Gasteiger charge is -2.04. The Morgan fingerprint density at radius 1 is 1.04 bits per heavy atom. The Kier molecular flexibility index (Phi) is 4.58. The molecule has 132 valence electrons. The van der Waals surface area contributed by atoms with Gasteiger partial charge in [-0.05, 0) is 60.0 Å². The monoisotopic (exact) mass is 369 g/mol. The van der Waals surface area contributed by atoms with Crippen LogP contribution in [0.3, 0.4) is 0 Å². The maximum Gasteiger partial charge on any atom is 0.261 e. The van der Waals surface area contributed by atoms with Gasteiger partial charge in [0.05, 0.1) is 4.88 Å². The first-order chi connectivity index (χ1) is 12.7. The number of nitrogens with one attached hydrogen (secondary N) is 1. The zero-order valence-corrected chi connectivity index (χ0v) is 14.6. The molecule has 0 spiro atoms. The molecule has 1 N–H and O–H groups in total. The van der Waals surface area contributed by atoms with E-state index in [0.29, 0.717) is 17.8 Å². The van der Waals surface area contributed by atoms with Gasteiger partial charge in [-0.2, -0.15) is 0 Å². The van der Waals surface area contributed by atoms with E-state index in [4.69, 9.17) is 9.47 Å². The molecule has 0 aliphatic carbocycles. The van der Waals surface area contributed by atoms with E-state index in [1.165, 1.54) is 23.5 Å². The number of thiophene rings is 1. The second-order valence-corrected chi connectivity index (χ2v) is 6.95. The molecule has 1 amide bonds. The fourth-order valence-electron chi connectivity index (χ4n) is 2.72. The molecule has 4 rings (SSSR count). The van der Waals surface area contributed by atoms with Crippen LogP contribution in [0.2, 0.25) is 0 Å². The summed E-state index contributed by atoms with van der Waals surface area (Å²) in [6, 6.07) is 15.8. The summed E-state index contributed by atoms with van der Waals surface area (Å²) in [6.07, 6.45) is 0.659. The Bertz CT molecular complexity index is 936. The quantitative estimate of drug-likeness (QED) is 0.731. The maximum absolute atomic E-state index is 12.9. The number of ether oxygens (including phenoxy) is 2. The lowest BCUT2D eigenvalue weighted by atomic mass is 10.1. The third-order valence-corrected chi connectivity index (χ3v) is 5.23. The van der Waals surface area contributed by atoms with Crippen molar-refractivity contribution < 1.29 is 18.7 Å². The molecule has 26 heavy (non-hydrogen) atoms. The zero-order valence-electron chi connectivity index (χ0n) is 13.8. The van der Waals surface area contributed by atoms with Gasteiger partial charge in [0.15, 0.2) is 11.5 Å². The van der Waals surface area contributed by atoms with Crippen LogP contribution in [0.4, 0.5) is 4.39 Å². The predicted molar refractivity (Wildman–Crippen MR) is 98.3 cm³/mol. The average molecular weight is 369 g/mol. The van der Waals surface area contributed by atoms with Gasteiger partial charge in [-0.3, -0.25) is 4.79 Å². The second-order valence-electron chi connectivity index (χ2n) is 5.86. The Morgan fingerprint density at radius 3 is 2.69 bits per heavy atom. The van der Waals surface area contributed by atoms with Crippen molar-refractivity contribution in [1.82, 2.24) is 5.32 Å². The van der Waals surface area contributed by atoms with Gasteiger partial charge in [-0.25, -0.2) is 4.39 Å². The number of carbonyl (C=O) groups is 1. The summed E-state index contributed by atoms with van der Waals surface area (Å²) in [5.41, 5.74) is 1.98. The molecule has 0 saturated heterocycles. The second kappa shape index (κ2) is 7.17. The number of halogens is 1. The van der Waals surface area contributed by atoms with Crippen molar-refractivity contribution in [1.29, 1.82) is 0 Å². The predicted octanol–water partition coefficient (Wildman–Crippen LogP) is 4.26. The molecule has 0 atom stereocenters. The summed E-state index contributed by atoms with van der Waals surface area (Å²) in [6.45, 7) is 0.743. The molecule has 1 aromatic heterocycles. The minimum Gasteiger partial charge on any atom is -0.454 e. The third kappa shape index (κ3) is 3.55.